The van der Waals surface area contributed by atoms with Gasteiger partial charge in [-0.05, 0) is 110 Å². The first-order valence-corrected chi connectivity index (χ1v) is 13.8. The summed E-state index contributed by atoms with van der Waals surface area (Å²) in [6.07, 6.45) is 4.51. The second kappa shape index (κ2) is 8.16. The summed E-state index contributed by atoms with van der Waals surface area (Å²) < 4.78 is 0. The van der Waals surface area contributed by atoms with Crippen molar-refractivity contribution < 1.29 is 5.11 Å². The van der Waals surface area contributed by atoms with Gasteiger partial charge in [0.05, 0.1) is 0 Å². The van der Waals surface area contributed by atoms with Crippen molar-refractivity contribution in [2.45, 2.75) is 25.7 Å². The average molecular weight is 479 g/mol. The van der Waals surface area contributed by atoms with Gasteiger partial charge in [0.25, 0.3) is 0 Å². The highest BCUT2D eigenvalue weighted by molar-refractivity contribution is 6.21. The third-order valence-corrected chi connectivity index (χ3v) is 9.46. The molecule has 0 radical (unpaired) electrons. The van der Waals surface area contributed by atoms with Gasteiger partial charge in [-0.3, -0.25) is 0 Å². The fourth-order valence-corrected chi connectivity index (χ4v) is 7.82. The molecule has 0 aliphatic heterocycles. The van der Waals surface area contributed by atoms with Crippen molar-refractivity contribution in [1.29, 1.82) is 0 Å². The number of benzene rings is 5. The first kappa shape index (κ1) is 21.4. The highest BCUT2D eigenvalue weighted by atomic mass is 16.3. The molecule has 1 nitrogen and oxygen atoms in total. The summed E-state index contributed by atoms with van der Waals surface area (Å²) in [5, 5.41) is 12.8. The van der Waals surface area contributed by atoms with Gasteiger partial charge in [0.1, 0.15) is 0 Å². The van der Waals surface area contributed by atoms with Crippen LogP contribution in [0.4, 0.5) is 0 Å². The van der Waals surface area contributed by atoms with Gasteiger partial charge in [-0.1, -0.05) is 97.1 Å². The third kappa shape index (κ3) is 3.07. The van der Waals surface area contributed by atoms with E-state index in [1.807, 2.05) is 0 Å². The van der Waals surface area contributed by atoms with Crippen LogP contribution in [0.2, 0.25) is 0 Å². The molecule has 3 atom stereocenters. The topological polar surface area (TPSA) is 20.2 Å². The van der Waals surface area contributed by atoms with Gasteiger partial charge in [0.2, 0.25) is 0 Å². The molecule has 180 valence electrons. The number of aliphatic hydroxyl groups excluding tert-OH is 1. The summed E-state index contributed by atoms with van der Waals surface area (Å²) in [5.41, 5.74) is 14.2. The van der Waals surface area contributed by atoms with Gasteiger partial charge in [-0.2, -0.15) is 0 Å². The Morgan fingerprint density at radius 2 is 1.03 bits per heavy atom. The summed E-state index contributed by atoms with van der Waals surface area (Å²) in [6.45, 7) is 0.342. The lowest BCUT2D eigenvalue weighted by Gasteiger charge is -2.27. The van der Waals surface area contributed by atoms with Crippen molar-refractivity contribution in [1.82, 2.24) is 0 Å². The van der Waals surface area contributed by atoms with E-state index < -0.39 is 0 Å². The van der Waals surface area contributed by atoms with E-state index in [-0.39, 0.29) is 0 Å². The molecule has 8 rings (SSSR count). The number of fused-ring (bicyclic) bond motifs is 5. The summed E-state index contributed by atoms with van der Waals surface area (Å²) in [7, 11) is 0. The predicted molar refractivity (Wildman–Crippen MR) is 153 cm³/mol. The first-order valence-electron chi connectivity index (χ1n) is 13.8. The zero-order chi connectivity index (χ0) is 24.5. The fraction of sp³-hybridized carbons (Fsp3) is 0.222. The summed E-state index contributed by atoms with van der Waals surface area (Å²) in [6, 6.07) is 35.9. The number of rotatable bonds is 3. The van der Waals surface area contributed by atoms with Crippen molar-refractivity contribution in [3.63, 3.8) is 0 Å². The van der Waals surface area contributed by atoms with Crippen LogP contribution in [0, 0.1) is 17.8 Å². The van der Waals surface area contributed by atoms with E-state index in [9.17, 15) is 5.11 Å². The molecule has 3 aliphatic carbocycles. The minimum Gasteiger partial charge on any atom is -0.396 e. The molecule has 0 spiro atoms. The lowest BCUT2D eigenvalue weighted by molar-refractivity contribution is 0.262. The molecule has 5 aromatic rings. The molecule has 0 saturated heterocycles. The summed E-state index contributed by atoms with van der Waals surface area (Å²) in [5.74, 6) is 1.85. The van der Waals surface area contributed by atoms with Crippen LogP contribution in [-0.2, 0) is 12.8 Å². The molecular weight excluding hydrogens is 448 g/mol. The van der Waals surface area contributed by atoms with E-state index >= 15 is 0 Å². The maximum absolute atomic E-state index is 10.0. The molecule has 0 aromatic heterocycles. The van der Waals surface area contributed by atoms with E-state index in [1.54, 1.807) is 0 Å². The second-order valence-corrected chi connectivity index (χ2v) is 11.1. The van der Waals surface area contributed by atoms with Crippen molar-refractivity contribution >= 4 is 10.8 Å². The van der Waals surface area contributed by atoms with Gasteiger partial charge in [-0.15, -0.1) is 0 Å². The zero-order valence-electron chi connectivity index (χ0n) is 21.0. The standard InChI is InChI=1S/C36H30O/c37-21-31-25-17-19-27-28(20-18-26(25)31)34(24-11-5-2-6-12-24)36-30-16-8-14-22-13-7-15-29(32(22)30)35(36)33(27)23-9-3-1-4-10-23/h1-16,25-26,31,37H,17-21H2/t25-,26+,31?. The van der Waals surface area contributed by atoms with Gasteiger partial charge in [0, 0.05) is 6.61 Å². The van der Waals surface area contributed by atoms with Crippen LogP contribution in [0.5, 0.6) is 0 Å². The molecule has 1 unspecified atom stereocenters. The van der Waals surface area contributed by atoms with Crippen LogP contribution in [-0.4, -0.2) is 11.7 Å². The second-order valence-electron chi connectivity index (χ2n) is 11.1. The smallest absolute Gasteiger partial charge is 0.0464 e. The molecule has 3 aliphatic rings. The summed E-state index contributed by atoms with van der Waals surface area (Å²) in [4.78, 5) is 0. The first-order chi connectivity index (χ1) is 18.3. The van der Waals surface area contributed by atoms with Crippen LogP contribution >= 0.6 is 0 Å². The van der Waals surface area contributed by atoms with E-state index in [1.165, 1.54) is 79.2 Å². The Morgan fingerprint density at radius 3 is 1.49 bits per heavy atom. The maximum Gasteiger partial charge on any atom is 0.0464 e. The predicted octanol–water partition coefficient (Wildman–Crippen LogP) is 8.55. The zero-order valence-corrected chi connectivity index (χ0v) is 21.0. The van der Waals surface area contributed by atoms with Gasteiger partial charge in [0.15, 0.2) is 0 Å². The van der Waals surface area contributed by atoms with Gasteiger partial charge < -0.3 is 5.11 Å². The Labute approximate surface area is 218 Å². The van der Waals surface area contributed by atoms with E-state index in [0.717, 1.165) is 12.8 Å². The lowest BCUT2D eigenvalue weighted by atomic mass is 9.77. The minimum absolute atomic E-state index is 0.342. The SMILES string of the molecule is OCC1[C@H]2CCc3c(c(-c4ccccc4)c4c(c3-c3ccccc3)-c3cccc5cccc-4c35)CC[C@@H]12. The average Bonchev–Trinajstić information content (AvgIpc) is 3.52. The molecule has 0 heterocycles. The van der Waals surface area contributed by atoms with Crippen LogP contribution in [0.3, 0.4) is 0 Å². The van der Waals surface area contributed by atoms with Crippen molar-refractivity contribution in [2.24, 2.45) is 17.8 Å². The normalized spacial score (nSPS) is 21.1. The van der Waals surface area contributed by atoms with Crippen LogP contribution < -0.4 is 0 Å². The minimum atomic E-state index is 0.342. The molecule has 1 heteroatoms. The number of hydrogen-bond acceptors (Lipinski definition) is 1. The Hall–Kier alpha value is -3.68. The molecule has 0 amide bonds. The highest BCUT2D eigenvalue weighted by Crippen LogP contribution is 2.59. The molecular formula is C36H30O. The van der Waals surface area contributed by atoms with E-state index in [2.05, 4.69) is 97.1 Å². The van der Waals surface area contributed by atoms with Crippen LogP contribution in [0.15, 0.2) is 97.1 Å². The largest absolute Gasteiger partial charge is 0.396 e. The van der Waals surface area contributed by atoms with E-state index in [0.29, 0.717) is 24.4 Å². The molecule has 1 fully saturated rings. The van der Waals surface area contributed by atoms with Crippen LogP contribution in [0.25, 0.3) is 55.3 Å². The molecule has 1 saturated carbocycles. The monoisotopic (exact) mass is 478 g/mol. The van der Waals surface area contributed by atoms with E-state index in [4.69, 9.17) is 0 Å². The van der Waals surface area contributed by atoms with Gasteiger partial charge >= 0.3 is 0 Å². The third-order valence-electron chi connectivity index (χ3n) is 9.46. The number of aliphatic hydroxyl groups is 1. The Bertz CT molecular complexity index is 1550. The quantitative estimate of drug-likeness (QED) is 0.270. The Balaban J connectivity index is 1.52. The highest BCUT2D eigenvalue weighted by Gasteiger charge is 2.49. The fourth-order valence-electron chi connectivity index (χ4n) is 7.82. The maximum atomic E-state index is 10.0. The Kier molecular flexibility index (Phi) is 4.72. The molecule has 37 heavy (non-hydrogen) atoms. The number of hydrogen-bond donors (Lipinski definition) is 1. The lowest BCUT2D eigenvalue weighted by Crippen LogP contribution is -2.08. The van der Waals surface area contributed by atoms with Crippen LogP contribution in [0.1, 0.15) is 24.0 Å². The van der Waals surface area contributed by atoms with Crippen molar-refractivity contribution in [3.05, 3.63) is 108 Å². The van der Waals surface area contributed by atoms with Crippen molar-refractivity contribution in [3.8, 4) is 44.5 Å². The molecule has 5 aromatic carbocycles. The van der Waals surface area contributed by atoms with Crippen molar-refractivity contribution in [2.75, 3.05) is 6.61 Å². The molecule has 1 N–H and O–H groups in total. The Morgan fingerprint density at radius 1 is 0.541 bits per heavy atom. The molecule has 0 bridgehead atoms. The summed E-state index contributed by atoms with van der Waals surface area (Å²) >= 11 is 0. The van der Waals surface area contributed by atoms with Gasteiger partial charge in [-0.25, -0.2) is 0 Å².